The van der Waals surface area contributed by atoms with Gasteiger partial charge in [-0.15, -0.1) is 13.2 Å². The zero-order chi connectivity index (χ0) is 27.1. The first-order valence-corrected chi connectivity index (χ1v) is 11.8. The molecule has 1 saturated carbocycles. The third kappa shape index (κ3) is 8.48. The van der Waals surface area contributed by atoms with E-state index in [1.165, 1.54) is 25.4 Å². The first-order valence-electron chi connectivity index (χ1n) is 11.8. The van der Waals surface area contributed by atoms with Crippen molar-refractivity contribution < 1.29 is 17.6 Å². The van der Waals surface area contributed by atoms with Gasteiger partial charge in [0, 0.05) is 31.1 Å². The summed E-state index contributed by atoms with van der Waals surface area (Å²) in [5.74, 6) is -2.04. The van der Waals surface area contributed by atoms with Gasteiger partial charge in [-0.25, -0.2) is 23.0 Å². The molecule has 0 saturated heterocycles. The van der Waals surface area contributed by atoms with Crippen molar-refractivity contribution in [3.8, 4) is 6.07 Å². The normalized spacial score (nSPS) is 15.2. The monoisotopic (exact) mass is 508 g/mol. The second-order valence-corrected chi connectivity index (χ2v) is 8.25. The van der Waals surface area contributed by atoms with E-state index in [4.69, 9.17) is 0 Å². The quantitative estimate of drug-likeness (QED) is 0.170. The van der Waals surface area contributed by atoms with E-state index in [-0.39, 0.29) is 23.8 Å². The van der Waals surface area contributed by atoms with Crippen molar-refractivity contribution in [1.29, 1.82) is 5.26 Å². The van der Waals surface area contributed by atoms with E-state index in [1.54, 1.807) is 20.2 Å². The maximum atomic E-state index is 15.4. The molecule has 1 aromatic carbocycles. The number of aliphatic imine (C=N–C) groups is 2. The molecular weight excluding hydrogens is 472 g/mol. The van der Waals surface area contributed by atoms with Crippen molar-refractivity contribution in [3.05, 3.63) is 53.9 Å². The van der Waals surface area contributed by atoms with E-state index in [1.807, 2.05) is 4.90 Å². The second kappa shape index (κ2) is 16.5. The molecule has 198 valence electrons. The van der Waals surface area contributed by atoms with Gasteiger partial charge < -0.3 is 10.3 Å². The molecule has 0 bridgehead atoms. The van der Waals surface area contributed by atoms with Crippen molar-refractivity contribution in [2.45, 2.75) is 57.5 Å². The first-order chi connectivity index (χ1) is 17.4. The minimum atomic E-state index is -0.999. The number of nitrogens with zero attached hydrogens (tertiary/aromatic N) is 4. The number of alkyl halides is 2. The lowest BCUT2D eigenvalue weighted by molar-refractivity contribution is 0.294. The average molecular weight is 509 g/mol. The number of rotatable bonds is 12. The highest BCUT2D eigenvalue weighted by Crippen LogP contribution is 2.37. The van der Waals surface area contributed by atoms with Gasteiger partial charge in [-0.3, -0.25) is 9.98 Å². The van der Waals surface area contributed by atoms with Crippen molar-refractivity contribution >= 4 is 18.1 Å². The highest BCUT2D eigenvalue weighted by atomic mass is 19.1. The Balaban J connectivity index is 0.00000316. The van der Waals surface area contributed by atoms with Gasteiger partial charge >= 0.3 is 0 Å². The number of nitrogens with one attached hydrogen (secondary N) is 2. The molecule has 10 heteroatoms. The van der Waals surface area contributed by atoms with Crippen LogP contribution >= 0.6 is 0 Å². The molecule has 0 spiro atoms. The summed E-state index contributed by atoms with van der Waals surface area (Å²) >= 11 is 0. The van der Waals surface area contributed by atoms with Gasteiger partial charge in [-0.05, 0) is 38.3 Å². The molecule has 1 aliphatic rings. The number of halogens is 4. The van der Waals surface area contributed by atoms with Crippen molar-refractivity contribution in [2.75, 3.05) is 31.8 Å². The van der Waals surface area contributed by atoms with Gasteiger partial charge in [0.2, 0.25) is 0 Å². The number of hydrogen-bond acceptors (Lipinski definition) is 6. The Bertz CT molecular complexity index is 947. The molecular formula is C26H36F4N6. The van der Waals surface area contributed by atoms with Crippen LogP contribution in [0.2, 0.25) is 0 Å². The van der Waals surface area contributed by atoms with Gasteiger partial charge in [0.25, 0.3) is 0 Å². The van der Waals surface area contributed by atoms with Crippen LogP contribution in [0.3, 0.4) is 0 Å². The third-order valence-corrected chi connectivity index (χ3v) is 5.82. The molecule has 36 heavy (non-hydrogen) atoms. The minimum absolute atomic E-state index is 0.0331. The van der Waals surface area contributed by atoms with Crippen LogP contribution in [-0.4, -0.2) is 51.5 Å². The fraction of sp³-hybridized carbons (Fsp3) is 0.500. The van der Waals surface area contributed by atoms with Crippen molar-refractivity contribution in [1.82, 2.24) is 10.9 Å². The Morgan fingerprint density at radius 1 is 1.28 bits per heavy atom. The van der Waals surface area contributed by atoms with E-state index in [0.717, 1.165) is 25.7 Å². The predicted molar refractivity (Wildman–Crippen MR) is 139 cm³/mol. The Morgan fingerprint density at radius 3 is 2.47 bits per heavy atom. The maximum Gasteiger partial charge on any atom is 0.152 e. The summed E-state index contributed by atoms with van der Waals surface area (Å²) in [6.07, 6.45) is 8.14. The van der Waals surface area contributed by atoms with Crippen LogP contribution in [0.1, 0.15) is 49.7 Å². The van der Waals surface area contributed by atoms with Crippen LogP contribution in [0.4, 0.5) is 23.2 Å². The van der Waals surface area contributed by atoms with E-state index in [2.05, 4.69) is 40.1 Å². The molecule has 0 radical (unpaired) electrons. The fourth-order valence-corrected chi connectivity index (χ4v) is 3.86. The standard InChI is InChI=1S/C24H32F4N6.C2H4/c1-16(13-29)21-10-22(27)17(2)23(28)24(21)34(20-6-4-5-7-20)9-8-31-15-19(14-30-3)33-32-18(11-25)12-26;1-2/h8,10,14-16,18,20,32-33H,4-7,9,11-12H2,1-3H3;1-2H2/b19-15+,30-14?,31-8?;. The Kier molecular flexibility index (Phi) is 14.1. The molecule has 0 aromatic heterocycles. The molecule has 0 aliphatic heterocycles. The van der Waals surface area contributed by atoms with Gasteiger partial charge in [0.15, 0.2) is 5.82 Å². The topological polar surface area (TPSA) is 75.8 Å². The van der Waals surface area contributed by atoms with Crippen LogP contribution in [0.25, 0.3) is 0 Å². The lowest BCUT2D eigenvalue weighted by atomic mass is 9.96. The number of nitriles is 1. The summed E-state index contributed by atoms with van der Waals surface area (Å²) in [6.45, 7) is 7.47. The van der Waals surface area contributed by atoms with Crippen LogP contribution in [0, 0.1) is 29.9 Å². The molecule has 6 nitrogen and oxygen atoms in total. The number of hydrazine groups is 1. The largest absolute Gasteiger partial charge is 0.361 e. The molecule has 1 atom stereocenters. The lowest BCUT2D eigenvalue weighted by Crippen LogP contribution is -2.43. The Morgan fingerprint density at radius 2 is 1.92 bits per heavy atom. The van der Waals surface area contributed by atoms with Gasteiger partial charge in [0.1, 0.15) is 19.2 Å². The van der Waals surface area contributed by atoms with Crippen LogP contribution in [0.5, 0.6) is 0 Å². The summed E-state index contributed by atoms with van der Waals surface area (Å²) in [6, 6.07) is 2.37. The van der Waals surface area contributed by atoms with Gasteiger partial charge in [-0.1, -0.05) is 12.8 Å². The summed E-state index contributed by atoms with van der Waals surface area (Å²) in [5.41, 5.74) is 6.01. The molecule has 1 aliphatic carbocycles. The maximum absolute atomic E-state index is 15.4. The van der Waals surface area contributed by atoms with E-state index in [9.17, 15) is 18.4 Å². The number of benzene rings is 1. The van der Waals surface area contributed by atoms with Crippen LogP contribution in [-0.2, 0) is 0 Å². The second-order valence-electron chi connectivity index (χ2n) is 8.25. The summed E-state index contributed by atoms with van der Waals surface area (Å²) in [5, 5.41) is 9.44. The summed E-state index contributed by atoms with van der Waals surface area (Å²) in [7, 11) is 1.54. The van der Waals surface area contributed by atoms with E-state index >= 15 is 4.39 Å². The van der Waals surface area contributed by atoms with Gasteiger partial charge in [0.05, 0.1) is 42.2 Å². The lowest BCUT2D eigenvalue weighted by Gasteiger charge is -2.33. The molecule has 1 unspecified atom stereocenters. The molecule has 2 rings (SSSR count). The number of hydrogen-bond donors (Lipinski definition) is 2. The first kappa shape index (κ1) is 30.8. The highest BCUT2D eigenvalue weighted by molar-refractivity contribution is 5.78. The zero-order valence-corrected chi connectivity index (χ0v) is 21.2. The molecule has 0 amide bonds. The Hall–Kier alpha value is -3.19. The van der Waals surface area contributed by atoms with E-state index in [0.29, 0.717) is 11.3 Å². The van der Waals surface area contributed by atoms with E-state index < -0.39 is 36.9 Å². The SMILES string of the molecule is C=C.CN=C/C(=C\N=CCN(c1c(C(C)C#N)cc(F)c(C)c1F)C1CCCC1)NNC(CF)CF. The third-order valence-electron chi connectivity index (χ3n) is 5.82. The van der Waals surface area contributed by atoms with Crippen LogP contribution in [0.15, 0.2) is 41.1 Å². The smallest absolute Gasteiger partial charge is 0.152 e. The fourth-order valence-electron chi connectivity index (χ4n) is 3.86. The average Bonchev–Trinajstić information content (AvgIpc) is 3.43. The zero-order valence-electron chi connectivity index (χ0n) is 21.2. The highest BCUT2D eigenvalue weighted by Gasteiger charge is 2.29. The summed E-state index contributed by atoms with van der Waals surface area (Å²) < 4.78 is 55.1. The van der Waals surface area contributed by atoms with Gasteiger partial charge in [-0.2, -0.15) is 5.26 Å². The van der Waals surface area contributed by atoms with Crippen LogP contribution < -0.4 is 15.8 Å². The predicted octanol–water partition coefficient (Wildman–Crippen LogP) is 5.47. The van der Waals surface area contributed by atoms with Crippen molar-refractivity contribution in [2.24, 2.45) is 9.98 Å². The molecule has 2 N–H and O–H groups in total. The molecule has 1 aromatic rings. The number of anilines is 1. The molecule has 1 fully saturated rings. The molecule has 0 heterocycles. The van der Waals surface area contributed by atoms with Crippen molar-refractivity contribution in [3.63, 3.8) is 0 Å². The minimum Gasteiger partial charge on any atom is -0.361 e. The number of allylic oxidation sites excluding steroid dienone is 1. The summed E-state index contributed by atoms with van der Waals surface area (Å²) in [4.78, 5) is 9.98. The Labute approximate surface area is 211 Å².